The van der Waals surface area contributed by atoms with Gasteiger partial charge < -0.3 is 0 Å². The third-order valence-electron chi connectivity index (χ3n) is 8.75. The number of rotatable bonds is 6. The van der Waals surface area contributed by atoms with E-state index in [2.05, 4.69) is 120 Å². The molecule has 3 aromatic rings. The fourth-order valence-corrected chi connectivity index (χ4v) is 6.74. The maximum Gasteiger partial charge on any atom is 0.294 e. The molecule has 0 radical (unpaired) electrons. The predicted octanol–water partition coefficient (Wildman–Crippen LogP) is 8.18. The maximum atomic E-state index is 2.65. The van der Waals surface area contributed by atoms with Gasteiger partial charge >= 0.3 is 0 Å². The van der Waals surface area contributed by atoms with E-state index in [0.717, 1.165) is 19.3 Å². The Morgan fingerprint density at radius 2 is 1.45 bits per heavy atom. The van der Waals surface area contributed by atoms with Crippen molar-refractivity contribution in [3.05, 3.63) is 71.0 Å². The average molecular weight is 444 g/mol. The first kappa shape index (κ1) is 23.8. The fourth-order valence-electron chi connectivity index (χ4n) is 6.74. The molecule has 2 nitrogen and oxygen atoms in total. The van der Waals surface area contributed by atoms with Crippen molar-refractivity contribution >= 4 is 0 Å². The zero-order chi connectivity index (χ0) is 24.1. The standard InChI is InChI=1S/C31H43N2/c1-10-30(9)27-16-14-13-15-24(27)29-32(17-18-33(29)31(30,11-2)12-3)28-25(21(4)5)19-23(8)20-26(28)22(6)7/h13-22H,10-12H2,1-9H3/q+1. The molecule has 0 spiro atoms. The van der Waals surface area contributed by atoms with Crippen molar-refractivity contribution in [1.82, 2.24) is 4.57 Å². The average Bonchev–Trinajstić information content (AvgIpc) is 3.24. The van der Waals surface area contributed by atoms with Gasteiger partial charge in [0.25, 0.3) is 5.82 Å². The Bertz CT molecular complexity index is 1130. The first-order valence-corrected chi connectivity index (χ1v) is 13.0. The van der Waals surface area contributed by atoms with Crippen LogP contribution in [-0.4, -0.2) is 4.57 Å². The summed E-state index contributed by atoms with van der Waals surface area (Å²) in [5, 5.41) is 0. The number of imidazole rings is 1. The quantitative estimate of drug-likeness (QED) is 0.340. The lowest BCUT2D eigenvalue weighted by Crippen LogP contribution is -2.68. The first-order chi connectivity index (χ1) is 15.7. The minimum atomic E-state index is 0.0529. The van der Waals surface area contributed by atoms with Crippen LogP contribution in [0.3, 0.4) is 0 Å². The van der Waals surface area contributed by atoms with E-state index in [-0.39, 0.29) is 11.0 Å². The van der Waals surface area contributed by atoms with Gasteiger partial charge in [0.2, 0.25) is 0 Å². The monoisotopic (exact) mass is 443 g/mol. The second-order valence-corrected chi connectivity index (χ2v) is 10.9. The molecule has 2 heterocycles. The summed E-state index contributed by atoms with van der Waals surface area (Å²) in [5.41, 5.74) is 8.65. The van der Waals surface area contributed by atoms with Crippen LogP contribution in [0.25, 0.3) is 17.1 Å². The van der Waals surface area contributed by atoms with Crippen LogP contribution < -0.4 is 4.57 Å². The number of fused-ring (bicyclic) bond motifs is 3. The van der Waals surface area contributed by atoms with Crippen LogP contribution in [0.4, 0.5) is 0 Å². The summed E-state index contributed by atoms with van der Waals surface area (Å²) in [6, 6.07) is 14.0. The molecule has 4 rings (SSSR count). The highest BCUT2D eigenvalue weighted by Gasteiger charge is 2.57. The van der Waals surface area contributed by atoms with Crippen LogP contribution in [0.15, 0.2) is 48.8 Å². The van der Waals surface area contributed by atoms with E-state index in [0.29, 0.717) is 11.8 Å². The number of hydrogen-bond acceptors (Lipinski definition) is 0. The second kappa shape index (κ2) is 8.46. The molecule has 1 atom stereocenters. The van der Waals surface area contributed by atoms with Crippen molar-refractivity contribution in [3.8, 4) is 17.1 Å². The molecule has 1 aliphatic heterocycles. The molecular formula is C31H43N2+. The van der Waals surface area contributed by atoms with E-state index >= 15 is 0 Å². The van der Waals surface area contributed by atoms with Gasteiger partial charge in [-0.3, -0.25) is 0 Å². The van der Waals surface area contributed by atoms with Gasteiger partial charge in [-0.05, 0) is 49.7 Å². The number of nitrogens with zero attached hydrogens (tertiary/aromatic N) is 2. The topological polar surface area (TPSA) is 8.81 Å². The van der Waals surface area contributed by atoms with Crippen LogP contribution in [-0.2, 0) is 11.0 Å². The van der Waals surface area contributed by atoms with Crippen molar-refractivity contribution in [2.75, 3.05) is 0 Å². The van der Waals surface area contributed by atoms with Gasteiger partial charge in [-0.2, -0.15) is 4.57 Å². The minimum Gasteiger partial charge on any atom is -0.223 e. The molecular weight excluding hydrogens is 400 g/mol. The van der Waals surface area contributed by atoms with Crippen molar-refractivity contribution < 1.29 is 4.57 Å². The van der Waals surface area contributed by atoms with Crippen molar-refractivity contribution in [2.45, 2.75) is 104 Å². The second-order valence-electron chi connectivity index (χ2n) is 10.9. The Kier molecular flexibility index (Phi) is 6.10. The third-order valence-corrected chi connectivity index (χ3v) is 8.75. The summed E-state index contributed by atoms with van der Waals surface area (Å²) in [6.45, 7) is 21.2. The van der Waals surface area contributed by atoms with E-state index in [4.69, 9.17) is 0 Å². The van der Waals surface area contributed by atoms with Gasteiger partial charge in [-0.15, -0.1) is 0 Å². The zero-order valence-corrected chi connectivity index (χ0v) is 22.3. The number of benzene rings is 2. The summed E-state index contributed by atoms with van der Waals surface area (Å²) in [4.78, 5) is 0. The molecule has 0 N–H and O–H groups in total. The van der Waals surface area contributed by atoms with Gasteiger partial charge in [-0.1, -0.05) is 91.3 Å². The Hall–Kier alpha value is -2.35. The number of aryl methyl sites for hydroxylation is 1. The van der Waals surface area contributed by atoms with Gasteiger partial charge in [0.05, 0.1) is 5.56 Å². The summed E-state index contributed by atoms with van der Waals surface area (Å²) in [6.07, 6.45) is 8.08. The predicted molar refractivity (Wildman–Crippen MR) is 141 cm³/mol. The van der Waals surface area contributed by atoms with E-state index in [1.54, 1.807) is 0 Å². The van der Waals surface area contributed by atoms with E-state index in [1.165, 1.54) is 39.3 Å². The molecule has 1 aliphatic rings. The Morgan fingerprint density at radius 1 is 0.879 bits per heavy atom. The van der Waals surface area contributed by atoms with Crippen LogP contribution in [0, 0.1) is 6.92 Å². The highest BCUT2D eigenvalue weighted by Crippen LogP contribution is 2.51. The van der Waals surface area contributed by atoms with Gasteiger partial charge in [0.1, 0.15) is 23.6 Å². The maximum absolute atomic E-state index is 2.65. The minimum absolute atomic E-state index is 0.0529. The highest BCUT2D eigenvalue weighted by atomic mass is 15.2. The van der Waals surface area contributed by atoms with E-state index < -0.39 is 0 Å². The molecule has 0 fully saturated rings. The van der Waals surface area contributed by atoms with Crippen molar-refractivity contribution in [3.63, 3.8) is 0 Å². The van der Waals surface area contributed by atoms with Crippen molar-refractivity contribution in [1.29, 1.82) is 0 Å². The van der Waals surface area contributed by atoms with Crippen LogP contribution in [0.1, 0.15) is 109 Å². The molecule has 0 amide bonds. The normalized spacial score (nSPS) is 19.1. The summed E-state index contributed by atoms with van der Waals surface area (Å²) in [7, 11) is 0. The summed E-state index contributed by atoms with van der Waals surface area (Å²) < 4.78 is 5.17. The molecule has 176 valence electrons. The van der Waals surface area contributed by atoms with Gasteiger partial charge in [0.15, 0.2) is 0 Å². The highest BCUT2D eigenvalue weighted by molar-refractivity contribution is 5.67. The molecule has 0 aliphatic carbocycles. The molecule has 1 aromatic heterocycles. The van der Waals surface area contributed by atoms with Gasteiger partial charge in [0, 0.05) is 16.5 Å². The molecule has 0 saturated heterocycles. The van der Waals surface area contributed by atoms with Gasteiger partial charge in [-0.25, -0.2) is 4.57 Å². The fraction of sp³-hybridized carbons (Fsp3) is 0.516. The Morgan fingerprint density at radius 3 is 1.97 bits per heavy atom. The van der Waals surface area contributed by atoms with E-state index in [1.807, 2.05) is 0 Å². The first-order valence-electron chi connectivity index (χ1n) is 13.0. The van der Waals surface area contributed by atoms with Crippen molar-refractivity contribution in [2.24, 2.45) is 0 Å². The zero-order valence-electron chi connectivity index (χ0n) is 22.3. The van der Waals surface area contributed by atoms with Crippen LogP contribution >= 0.6 is 0 Å². The SMILES string of the molecule is CCC1(C)c2ccccc2-c2n(-c3c(C(C)C)cc(C)cc3C(C)C)cc[n+]2C1(CC)CC. The number of aromatic nitrogens is 2. The van der Waals surface area contributed by atoms with Crippen LogP contribution in [0.2, 0.25) is 0 Å². The number of hydrogen-bond donors (Lipinski definition) is 0. The molecule has 33 heavy (non-hydrogen) atoms. The molecule has 0 bridgehead atoms. The summed E-state index contributed by atoms with van der Waals surface area (Å²) in [5.74, 6) is 2.26. The largest absolute Gasteiger partial charge is 0.294 e. The summed E-state index contributed by atoms with van der Waals surface area (Å²) >= 11 is 0. The lowest BCUT2D eigenvalue weighted by molar-refractivity contribution is -0.768. The molecule has 0 saturated carbocycles. The van der Waals surface area contributed by atoms with E-state index in [9.17, 15) is 0 Å². The lowest BCUT2D eigenvalue weighted by Gasteiger charge is -2.49. The smallest absolute Gasteiger partial charge is 0.223 e. The third kappa shape index (κ3) is 3.24. The lowest BCUT2D eigenvalue weighted by atomic mass is 9.59. The Balaban J connectivity index is 2.16. The molecule has 2 aromatic carbocycles. The Labute approximate surface area is 201 Å². The molecule has 1 unspecified atom stereocenters. The van der Waals surface area contributed by atoms with Crippen LogP contribution in [0.5, 0.6) is 0 Å². The molecule has 2 heteroatoms.